The Labute approximate surface area is 105 Å². The summed E-state index contributed by atoms with van der Waals surface area (Å²) in [5.41, 5.74) is -0.586. The molecule has 1 fully saturated rings. The number of amides is 2. The zero-order chi connectivity index (χ0) is 13.0. The smallest absolute Gasteiger partial charge is 0.274 e. The fourth-order valence-electron chi connectivity index (χ4n) is 2.32. The molecule has 0 saturated heterocycles. The van der Waals surface area contributed by atoms with Crippen LogP contribution in [0.25, 0.3) is 0 Å². The Morgan fingerprint density at radius 2 is 2.17 bits per heavy atom. The number of nitrogens with zero attached hydrogens (tertiary/aromatic N) is 1. The van der Waals surface area contributed by atoms with Crippen LogP contribution in [0.3, 0.4) is 0 Å². The van der Waals surface area contributed by atoms with Crippen LogP contribution in [0.4, 0.5) is 0 Å². The minimum atomic E-state index is -0.786. The first-order valence-corrected chi connectivity index (χ1v) is 6.17. The van der Waals surface area contributed by atoms with Crippen molar-refractivity contribution in [3.8, 4) is 0 Å². The van der Waals surface area contributed by atoms with E-state index in [1.165, 1.54) is 12.7 Å². The summed E-state index contributed by atoms with van der Waals surface area (Å²) in [5, 5.41) is 5.59. The number of aromatic nitrogens is 1. The summed E-state index contributed by atoms with van der Waals surface area (Å²) in [6.45, 7) is 2.42. The van der Waals surface area contributed by atoms with Gasteiger partial charge in [0, 0.05) is 6.54 Å². The number of hydrogen-bond donors (Lipinski definition) is 2. The van der Waals surface area contributed by atoms with Gasteiger partial charge in [-0.1, -0.05) is 12.8 Å². The molecular formula is C12H17N3O3. The molecule has 6 heteroatoms. The third kappa shape index (κ3) is 2.37. The average Bonchev–Trinajstić information content (AvgIpc) is 3.00. The lowest BCUT2D eigenvalue weighted by Crippen LogP contribution is -2.57. The highest BCUT2D eigenvalue weighted by molar-refractivity contribution is 5.98. The SMILES string of the molecule is CCNC(=O)C1(NC(=O)c2cocn2)CCCC1. The molecule has 1 aliphatic carbocycles. The molecule has 98 valence electrons. The number of nitrogens with one attached hydrogen (secondary N) is 2. The van der Waals surface area contributed by atoms with Crippen molar-refractivity contribution in [2.45, 2.75) is 38.1 Å². The Hall–Kier alpha value is -1.85. The maximum Gasteiger partial charge on any atom is 0.274 e. The average molecular weight is 251 g/mol. The van der Waals surface area contributed by atoms with Crippen molar-refractivity contribution in [3.63, 3.8) is 0 Å². The van der Waals surface area contributed by atoms with Gasteiger partial charge in [-0.2, -0.15) is 0 Å². The molecule has 0 radical (unpaired) electrons. The molecular weight excluding hydrogens is 234 g/mol. The van der Waals surface area contributed by atoms with Crippen LogP contribution in [0.5, 0.6) is 0 Å². The summed E-state index contributed by atoms with van der Waals surface area (Å²) in [6.07, 6.45) is 5.69. The van der Waals surface area contributed by atoms with Crippen molar-refractivity contribution >= 4 is 11.8 Å². The molecule has 0 aromatic carbocycles. The van der Waals surface area contributed by atoms with Crippen molar-refractivity contribution in [1.29, 1.82) is 0 Å². The van der Waals surface area contributed by atoms with Gasteiger partial charge >= 0.3 is 0 Å². The first-order valence-electron chi connectivity index (χ1n) is 6.17. The lowest BCUT2D eigenvalue weighted by atomic mass is 9.96. The molecule has 18 heavy (non-hydrogen) atoms. The van der Waals surface area contributed by atoms with Crippen LogP contribution < -0.4 is 10.6 Å². The normalized spacial score (nSPS) is 17.4. The molecule has 2 N–H and O–H groups in total. The summed E-state index contributed by atoms with van der Waals surface area (Å²) in [4.78, 5) is 27.8. The van der Waals surface area contributed by atoms with E-state index in [0.29, 0.717) is 19.4 Å². The predicted octanol–water partition coefficient (Wildman–Crippen LogP) is 0.853. The second-order valence-corrected chi connectivity index (χ2v) is 4.48. The second-order valence-electron chi connectivity index (χ2n) is 4.48. The van der Waals surface area contributed by atoms with Gasteiger partial charge in [0.25, 0.3) is 5.91 Å². The number of carbonyl (C=O) groups excluding carboxylic acids is 2. The monoisotopic (exact) mass is 251 g/mol. The van der Waals surface area contributed by atoms with Crippen molar-refractivity contribution in [3.05, 3.63) is 18.4 Å². The van der Waals surface area contributed by atoms with Gasteiger partial charge < -0.3 is 15.1 Å². The molecule has 1 heterocycles. The maximum atomic E-state index is 12.1. The number of rotatable bonds is 4. The number of hydrogen-bond acceptors (Lipinski definition) is 4. The van der Waals surface area contributed by atoms with Crippen LogP contribution in [0.1, 0.15) is 43.1 Å². The lowest BCUT2D eigenvalue weighted by molar-refractivity contribution is -0.127. The van der Waals surface area contributed by atoms with Crippen molar-refractivity contribution in [1.82, 2.24) is 15.6 Å². The van der Waals surface area contributed by atoms with Crippen LogP contribution in [0.2, 0.25) is 0 Å². The largest absolute Gasteiger partial charge is 0.451 e. The molecule has 2 rings (SSSR count). The third-order valence-corrected chi connectivity index (χ3v) is 3.25. The van der Waals surface area contributed by atoms with E-state index in [2.05, 4.69) is 15.6 Å². The standard InChI is InChI=1S/C12H17N3O3/c1-2-13-11(17)12(5-3-4-6-12)15-10(16)9-7-18-8-14-9/h7-8H,2-6H2,1H3,(H,13,17)(H,15,16). The fraction of sp³-hybridized carbons (Fsp3) is 0.583. The van der Waals surface area contributed by atoms with Gasteiger partial charge in [-0.05, 0) is 19.8 Å². The van der Waals surface area contributed by atoms with E-state index in [0.717, 1.165) is 12.8 Å². The summed E-state index contributed by atoms with van der Waals surface area (Å²) >= 11 is 0. The minimum absolute atomic E-state index is 0.112. The molecule has 0 spiro atoms. The zero-order valence-corrected chi connectivity index (χ0v) is 10.4. The van der Waals surface area contributed by atoms with Gasteiger partial charge in [-0.3, -0.25) is 9.59 Å². The summed E-state index contributed by atoms with van der Waals surface area (Å²) in [6, 6.07) is 0. The van der Waals surface area contributed by atoms with Crippen molar-refractivity contribution < 1.29 is 14.0 Å². The number of oxazole rings is 1. The maximum absolute atomic E-state index is 12.1. The first-order chi connectivity index (χ1) is 8.68. The molecule has 0 atom stereocenters. The van der Waals surface area contributed by atoms with Crippen LogP contribution in [-0.4, -0.2) is 28.9 Å². The van der Waals surface area contributed by atoms with E-state index in [1.54, 1.807) is 0 Å². The topological polar surface area (TPSA) is 84.2 Å². The molecule has 2 amide bonds. The summed E-state index contributed by atoms with van der Waals surface area (Å²) < 4.78 is 4.77. The Kier molecular flexibility index (Phi) is 3.64. The Morgan fingerprint density at radius 3 is 2.72 bits per heavy atom. The molecule has 1 aromatic rings. The third-order valence-electron chi connectivity index (χ3n) is 3.25. The van der Waals surface area contributed by atoms with Gasteiger partial charge in [0.2, 0.25) is 5.91 Å². The quantitative estimate of drug-likeness (QED) is 0.831. The van der Waals surface area contributed by atoms with Crippen LogP contribution in [0, 0.1) is 0 Å². The highest BCUT2D eigenvalue weighted by Crippen LogP contribution is 2.30. The summed E-state index contributed by atoms with van der Waals surface area (Å²) in [7, 11) is 0. The fourth-order valence-corrected chi connectivity index (χ4v) is 2.32. The molecule has 0 aliphatic heterocycles. The Morgan fingerprint density at radius 1 is 1.44 bits per heavy atom. The predicted molar refractivity (Wildman–Crippen MR) is 63.9 cm³/mol. The molecule has 0 unspecified atom stereocenters. The molecule has 6 nitrogen and oxygen atoms in total. The van der Waals surface area contributed by atoms with Crippen LogP contribution >= 0.6 is 0 Å². The van der Waals surface area contributed by atoms with Gasteiger partial charge in [0.1, 0.15) is 11.8 Å². The molecule has 1 saturated carbocycles. The minimum Gasteiger partial charge on any atom is -0.451 e. The summed E-state index contributed by atoms with van der Waals surface area (Å²) in [5.74, 6) is -0.476. The van der Waals surface area contributed by atoms with Crippen molar-refractivity contribution in [2.75, 3.05) is 6.54 Å². The second kappa shape index (κ2) is 5.20. The van der Waals surface area contributed by atoms with E-state index in [1.807, 2.05) is 6.92 Å². The van der Waals surface area contributed by atoms with Gasteiger partial charge in [0.15, 0.2) is 12.1 Å². The Balaban J connectivity index is 2.11. The van der Waals surface area contributed by atoms with E-state index in [-0.39, 0.29) is 17.5 Å². The molecule has 1 aliphatic rings. The first kappa shape index (κ1) is 12.6. The van der Waals surface area contributed by atoms with Gasteiger partial charge in [-0.25, -0.2) is 4.98 Å². The van der Waals surface area contributed by atoms with Crippen molar-refractivity contribution in [2.24, 2.45) is 0 Å². The molecule has 0 bridgehead atoms. The van der Waals surface area contributed by atoms with Crippen LogP contribution in [0.15, 0.2) is 17.1 Å². The number of carbonyl (C=O) groups is 2. The molecule has 1 aromatic heterocycles. The zero-order valence-electron chi connectivity index (χ0n) is 10.4. The van der Waals surface area contributed by atoms with Gasteiger partial charge in [0.05, 0.1) is 0 Å². The highest BCUT2D eigenvalue weighted by atomic mass is 16.3. The van der Waals surface area contributed by atoms with E-state index >= 15 is 0 Å². The van der Waals surface area contributed by atoms with Crippen LogP contribution in [-0.2, 0) is 4.79 Å². The van der Waals surface area contributed by atoms with E-state index < -0.39 is 5.54 Å². The Bertz CT molecular complexity index is 422. The van der Waals surface area contributed by atoms with E-state index in [4.69, 9.17) is 4.42 Å². The highest BCUT2D eigenvalue weighted by Gasteiger charge is 2.42. The lowest BCUT2D eigenvalue weighted by Gasteiger charge is -2.28. The number of likely N-dealkylation sites (N-methyl/N-ethyl adjacent to an activating group) is 1. The van der Waals surface area contributed by atoms with E-state index in [9.17, 15) is 9.59 Å². The van der Waals surface area contributed by atoms with Gasteiger partial charge in [-0.15, -0.1) is 0 Å².